The number of benzene rings is 3. The maximum atomic E-state index is 13.0. The number of para-hydroxylation sites is 2. The molecule has 1 N–H and O–H groups in total. The highest BCUT2D eigenvalue weighted by atomic mass is 32.2. The van der Waals surface area contributed by atoms with Crippen molar-refractivity contribution in [2.45, 2.75) is 18.7 Å². The Morgan fingerprint density at radius 1 is 0.968 bits per heavy atom. The van der Waals surface area contributed by atoms with Crippen molar-refractivity contribution < 1.29 is 22.7 Å². The van der Waals surface area contributed by atoms with Gasteiger partial charge in [0, 0.05) is 12.7 Å². The van der Waals surface area contributed by atoms with Crippen LogP contribution in [0.4, 0.5) is 11.4 Å². The Bertz CT molecular complexity index is 1280. The number of anilines is 2. The number of sulfonamides is 1. The first-order valence-corrected chi connectivity index (χ1v) is 11.1. The highest BCUT2D eigenvalue weighted by Crippen LogP contribution is 2.39. The van der Waals surface area contributed by atoms with Gasteiger partial charge in [0.15, 0.2) is 5.75 Å². The molecule has 31 heavy (non-hydrogen) atoms. The highest BCUT2D eigenvalue weighted by molar-refractivity contribution is 7.92. The number of nitrogens with one attached hydrogen (secondary N) is 1. The summed E-state index contributed by atoms with van der Waals surface area (Å²) in [6.45, 7) is 3.58. The maximum Gasteiger partial charge on any atom is 0.261 e. The SMILES string of the molecule is COc1c(C)cc(S(=O)(=O)Nc2ccc3c(c2)C(=O)N(C)c2ccccc2O3)cc1C. The second kappa shape index (κ2) is 7.63. The topological polar surface area (TPSA) is 84.9 Å². The van der Waals surface area contributed by atoms with Crippen LogP contribution in [0, 0.1) is 13.8 Å². The lowest BCUT2D eigenvalue weighted by Gasteiger charge is -2.16. The molecule has 0 saturated carbocycles. The summed E-state index contributed by atoms with van der Waals surface area (Å²) in [5.74, 6) is 1.27. The predicted octanol–water partition coefficient (Wildman–Crippen LogP) is 4.50. The van der Waals surface area contributed by atoms with Crippen LogP contribution in [0.25, 0.3) is 0 Å². The molecule has 3 aromatic carbocycles. The minimum absolute atomic E-state index is 0.116. The molecule has 1 aliphatic heterocycles. The number of hydrogen-bond donors (Lipinski definition) is 1. The molecule has 0 saturated heterocycles. The third-order valence-corrected chi connectivity index (χ3v) is 6.52. The summed E-state index contributed by atoms with van der Waals surface area (Å²) in [6, 6.07) is 15.0. The first kappa shape index (κ1) is 20.7. The Hall–Kier alpha value is -3.52. The number of amides is 1. The number of aryl methyl sites for hydroxylation is 2. The van der Waals surface area contributed by atoms with Crippen molar-refractivity contribution >= 4 is 27.3 Å². The fourth-order valence-corrected chi connectivity index (χ4v) is 4.90. The third kappa shape index (κ3) is 3.70. The van der Waals surface area contributed by atoms with Gasteiger partial charge in [0.1, 0.15) is 11.5 Å². The highest BCUT2D eigenvalue weighted by Gasteiger charge is 2.26. The van der Waals surface area contributed by atoms with Gasteiger partial charge in [-0.05, 0) is 67.4 Å². The van der Waals surface area contributed by atoms with E-state index < -0.39 is 10.0 Å². The molecular weight excluding hydrogens is 416 g/mol. The minimum atomic E-state index is -3.87. The van der Waals surface area contributed by atoms with Crippen LogP contribution in [-0.2, 0) is 10.0 Å². The van der Waals surface area contributed by atoms with Gasteiger partial charge in [-0.15, -0.1) is 0 Å². The lowest BCUT2D eigenvalue weighted by molar-refractivity contribution is 0.0993. The smallest absolute Gasteiger partial charge is 0.261 e. The predicted molar refractivity (Wildman–Crippen MR) is 119 cm³/mol. The van der Waals surface area contributed by atoms with Crippen molar-refractivity contribution in [1.29, 1.82) is 0 Å². The average molecular weight is 439 g/mol. The zero-order chi connectivity index (χ0) is 22.3. The number of methoxy groups -OCH3 is 1. The van der Waals surface area contributed by atoms with Crippen LogP contribution >= 0.6 is 0 Å². The Kier molecular flexibility index (Phi) is 5.10. The van der Waals surface area contributed by atoms with E-state index in [2.05, 4.69) is 4.72 Å². The third-order valence-electron chi connectivity index (χ3n) is 5.16. The Labute approximate surface area is 181 Å². The standard InChI is InChI=1S/C23H22N2O5S/c1-14-11-17(12-15(2)22(14)29-4)31(27,28)24-16-9-10-20-18(13-16)23(26)25(3)19-7-5-6-8-21(19)30-20/h5-13,24H,1-4H3. The molecule has 1 amide bonds. The van der Waals surface area contributed by atoms with E-state index in [4.69, 9.17) is 9.47 Å². The number of rotatable bonds is 4. The van der Waals surface area contributed by atoms with Crippen LogP contribution < -0.4 is 19.1 Å². The fourth-order valence-electron chi connectivity index (χ4n) is 3.68. The second-order valence-electron chi connectivity index (χ2n) is 7.34. The molecular formula is C23H22N2O5S. The van der Waals surface area contributed by atoms with Crippen molar-refractivity contribution in [2.24, 2.45) is 0 Å². The maximum absolute atomic E-state index is 13.0. The van der Waals surface area contributed by atoms with Crippen molar-refractivity contribution in [3.8, 4) is 17.2 Å². The molecule has 8 heteroatoms. The summed E-state index contributed by atoms with van der Waals surface area (Å²) in [7, 11) is -0.675. The quantitative estimate of drug-likeness (QED) is 0.649. The molecule has 0 spiro atoms. The van der Waals surface area contributed by atoms with Gasteiger partial charge < -0.3 is 14.4 Å². The monoisotopic (exact) mass is 438 g/mol. The Morgan fingerprint density at radius 2 is 1.65 bits per heavy atom. The summed E-state index contributed by atoms with van der Waals surface area (Å²) in [5, 5.41) is 0. The van der Waals surface area contributed by atoms with E-state index in [1.165, 1.54) is 11.0 Å². The average Bonchev–Trinajstić information content (AvgIpc) is 2.83. The fraction of sp³-hybridized carbons (Fsp3) is 0.174. The van der Waals surface area contributed by atoms with Crippen LogP contribution in [0.2, 0.25) is 0 Å². The summed E-state index contributed by atoms with van der Waals surface area (Å²) in [6.07, 6.45) is 0. The van der Waals surface area contributed by atoms with E-state index in [0.717, 1.165) is 0 Å². The molecule has 0 fully saturated rings. The number of carbonyl (C=O) groups excluding carboxylic acids is 1. The van der Waals surface area contributed by atoms with Crippen LogP contribution in [-0.4, -0.2) is 28.5 Å². The number of ether oxygens (including phenoxy) is 2. The van der Waals surface area contributed by atoms with Crippen LogP contribution in [0.3, 0.4) is 0 Å². The number of nitrogens with zero attached hydrogens (tertiary/aromatic N) is 1. The van der Waals surface area contributed by atoms with Crippen LogP contribution in [0.5, 0.6) is 17.2 Å². The van der Waals surface area contributed by atoms with Crippen LogP contribution in [0.15, 0.2) is 59.5 Å². The van der Waals surface area contributed by atoms with E-state index in [1.807, 2.05) is 12.1 Å². The van der Waals surface area contributed by atoms with Gasteiger partial charge >= 0.3 is 0 Å². The van der Waals surface area contributed by atoms with Crippen molar-refractivity contribution in [3.05, 3.63) is 71.3 Å². The zero-order valence-electron chi connectivity index (χ0n) is 17.6. The van der Waals surface area contributed by atoms with Crippen molar-refractivity contribution in [2.75, 3.05) is 23.8 Å². The van der Waals surface area contributed by atoms with E-state index in [9.17, 15) is 13.2 Å². The summed E-state index contributed by atoms with van der Waals surface area (Å²) in [5.41, 5.74) is 2.60. The Balaban J connectivity index is 1.70. The van der Waals surface area contributed by atoms with Gasteiger partial charge in [-0.1, -0.05) is 12.1 Å². The van der Waals surface area contributed by atoms with E-state index >= 15 is 0 Å². The Morgan fingerprint density at radius 3 is 2.32 bits per heavy atom. The molecule has 0 radical (unpaired) electrons. The number of fused-ring (bicyclic) bond motifs is 2. The van der Waals surface area contributed by atoms with Crippen molar-refractivity contribution in [3.63, 3.8) is 0 Å². The molecule has 0 aromatic heterocycles. The molecule has 3 aromatic rings. The van der Waals surface area contributed by atoms with Crippen molar-refractivity contribution in [1.82, 2.24) is 0 Å². The van der Waals surface area contributed by atoms with Gasteiger partial charge in [0.2, 0.25) is 0 Å². The zero-order valence-corrected chi connectivity index (χ0v) is 18.4. The van der Waals surface area contributed by atoms with Gasteiger partial charge in [-0.25, -0.2) is 8.42 Å². The molecule has 160 valence electrons. The lowest BCUT2D eigenvalue weighted by atomic mass is 10.1. The van der Waals surface area contributed by atoms with Crippen LogP contribution in [0.1, 0.15) is 21.5 Å². The lowest BCUT2D eigenvalue weighted by Crippen LogP contribution is -2.25. The van der Waals surface area contributed by atoms with E-state index in [0.29, 0.717) is 34.1 Å². The first-order valence-electron chi connectivity index (χ1n) is 9.58. The number of carbonyl (C=O) groups is 1. The summed E-state index contributed by atoms with van der Waals surface area (Å²) >= 11 is 0. The molecule has 0 atom stereocenters. The molecule has 4 rings (SSSR count). The van der Waals surface area contributed by atoms with E-state index in [-0.39, 0.29) is 22.1 Å². The largest absolute Gasteiger partial charge is 0.496 e. The molecule has 1 aliphatic rings. The summed E-state index contributed by atoms with van der Waals surface area (Å²) < 4.78 is 39.8. The van der Waals surface area contributed by atoms with E-state index in [1.54, 1.807) is 64.4 Å². The molecule has 1 heterocycles. The van der Waals surface area contributed by atoms with Gasteiger partial charge in [0.25, 0.3) is 15.9 Å². The molecule has 0 aliphatic carbocycles. The summed E-state index contributed by atoms with van der Waals surface area (Å²) in [4.78, 5) is 14.6. The molecule has 0 bridgehead atoms. The minimum Gasteiger partial charge on any atom is -0.496 e. The van der Waals surface area contributed by atoms with Gasteiger partial charge in [-0.3, -0.25) is 9.52 Å². The normalized spacial score (nSPS) is 13.0. The second-order valence-corrected chi connectivity index (χ2v) is 9.02. The molecule has 7 nitrogen and oxygen atoms in total. The van der Waals surface area contributed by atoms with Gasteiger partial charge in [-0.2, -0.15) is 0 Å². The first-order chi connectivity index (χ1) is 14.7. The molecule has 0 unspecified atom stereocenters. The number of hydrogen-bond acceptors (Lipinski definition) is 5. The van der Waals surface area contributed by atoms with Gasteiger partial charge in [0.05, 0.1) is 23.3 Å².